The van der Waals surface area contributed by atoms with Gasteiger partial charge in [0.15, 0.2) is 23.2 Å². The monoisotopic (exact) mass is 396 g/mol. The van der Waals surface area contributed by atoms with Crippen LogP contribution in [0.2, 0.25) is 0 Å². The number of aromatic nitrogens is 4. The molecule has 1 aliphatic carbocycles. The highest BCUT2D eigenvalue weighted by Crippen LogP contribution is 2.34. The number of rotatable bonds is 4. The van der Waals surface area contributed by atoms with Crippen molar-refractivity contribution >= 4 is 17.0 Å². The van der Waals surface area contributed by atoms with E-state index in [9.17, 15) is 10.2 Å². The zero-order valence-corrected chi connectivity index (χ0v) is 15.8. The molecule has 1 saturated heterocycles. The number of nitrogens with one attached hydrogen (secondary N) is 1. The third-order valence-electron chi connectivity index (χ3n) is 5.91. The first-order valence-corrected chi connectivity index (χ1v) is 9.89. The van der Waals surface area contributed by atoms with Crippen molar-refractivity contribution in [3.05, 3.63) is 48.0 Å². The van der Waals surface area contributed by atoms with Crippen LogP contribution in [0, 0.1) is 0 Å². The highest BCUT2D eigenvalue weighted by atomic mass is 16.5. The van der Waals surface area contributed by atoms with Gasteiger partial charge in [-0.2, -0.15) is 0 Å². The molecule has 1 unspecified atom stereocenters. The second-order valence-electron chi connectivity index (χ2n) is 7.65. The molecule has 0 bridgehead atoms. The first-order valence-electron chi connectivity index (χ1n) is 9.89. The second-order valence-corrected chi connectivity index (χ2v) is 7.65. The van der Waals surface area contributed by atoms with Crippen LogP contribution in [0.1, 0.15) is 36.2 Å². The maximum Gasteiger partial charge on any atom is 0.167 e. The molecule has 0 amide bonds. The minimum absolute atomic E-state index is 0.161. The van der Waals surface area contributed by atoms with Gasteiger partial charge in [-0.3, -0.25) is 4.57 Å². The predicted octanol–water partition coefficient (Wildman–Crippen LogP) is 0.894. The Morgan fingerprint density at radius 1 is 1.24 bits per heavy atom. The van der Waals surface area contributed by atoms with Crippen molar-refractivity contribution in [3.63, 3.8) is 0 Å². The van der Waals surface area contributed by atoms with E-state index < -0.39 is 24.5 Å². The molecule has 2 aromatic heterocycles. The summed E-state index contributed by atoms with van der Waals surface area (Å²) >= 11 is 0. The minimum Gasteiger partial charge on any atom is -0.394 e. The molecular formula is C20H24N6O3. The third-order valence-corrected chi connectivity index (χ3v) is 5.91. The number of hydrogen-bond donors (Lipinski definition) is 4. The Balaban J connectivity index is 1.47. The molecule has 9 heteroatoms. The van der Waals surface area contributed by atoms with Crippen molar-refractivity contribution in [1.29, 1.82) is 0 Å². The van der Waals surface area contributed by atoms with Crippen LogP contribution in [0.25, 0.3) is 11.2 Å². The number of aliphatic hydroxyl groups is 2. The van der Waals surface area contributed by atoms with Crippen LogP contribution in [-0.2, 0) is 11.2 Å². The van der Waals surface area contributed by atoms with Gasteiger partial charge in [0.25, 0.3) is 0 Å². The Labute approximate surface area is 167 Å². The molecule has 3 aromatic rings. The summed E-state index contributed by atoms with van der Waals surface area (Å²) in [6, 6.07) is 7.94. The number of anilines is 1. The maximum absolute atomic E-state index is 10.2. The summed E-state index contributed by atoms with van der Waals surface area (Å²) in [7, 11) is 0. The summed E-state index contributed by atoms with van der Waals surface area (Å²) in [6.07, 6.45) is 3.95. The summed E-state index contributed by atoms with van der Waals surface area (Å²) in [5.41, 5.74) is 9.96. The van der Waals surface area contributed by atoms with Gasteiger partial charge in [0.1, 0.15) is 18.5 Å². The molecule has 5 N–H and O–H groups in total. The number of fused-ring (bicyclic) bond motifs is 2. The van der Waals surface area contributed by atoms with Crippen LogP contribution in [0.3, 0.4) is 0 Å². The zero-order chi connectivity index (χ0) is 20.0. The van der Waals surface area contributed by atoms with Crippen LogP contribution in [0.4, 0.5) is 5.82 Å². The van der Waals surface area contributed by atoms with E-state index >= 15 is 0 Å². The fourth-order valence-electron chi connectivity index (χ4n) is 4.38. The normalized spacial score (nSPS) is 29.1. The van der Waals surface area contributed by atoms with E-state index in [0.29, 0.717) is 17.0 Å². The standard InChI is InChI=1S/C20H24N6O3/c21-15-17(28)14(8-27)29-20(15)26-10-24-16-18(22-9-23-19(16)26)25-13-7-3-5-11-4-1-2-6-12(11)13/h1-2,4,6,9-10,13-15,17,20,27-28H,3,5,7-8,21H2,(H,22,23,25)/t13?,14-,15-,17-,20-/m1/s1. The first-order chi connectivity index (χ1) is 14.2. The number of imidazole rings is 1. The highest BCUT2D eigenvalue weighted by molar-refractivity contribution is 5.83. The van der Waals surface area contributed by atoms with Crippen LogP contribution in [0.5, 0.6) is 0 Å². The summed E-state index contributed by atoms with van der Waals surface area (Å²) in [4.78, 5) is 13.3. The Bertz CT molecular complexity index is 1020. The molecule has 0 spiro atoms. The Kier molecular flexibility index (Phi) is 4.67. The van der Waals surface area contributed by atoms with E-state index in [1.54, 1.807) is 10.9 Å². The largest absolute Gasteiger partial charge is 0.394 e. The van der Waals surface area contributed by atoms with Gasteiger partial charge in [0, 0.05) is 0 Å². The molecule has 5 atom stereocenters. The van der Waals surface area contributed by atoms with E-state index in [1.165, 1.54) is 17.5 Å². The quantitative estimate of drug-likeness (QED) is 0.511. The molecule has 5 rings (SSSR count). The minimum atomic E-state index is -0.958. The number of ether oxygens (including phenoxy) is 1. The highest BCUT2D eigenvalue weighted by Gasteiger charge is 2.42. The molecule has 9 nitrogen and oxygen atoms in total. The van der Waals surface area contributed by atoms with Crippen LogP contribution in [0.15, 0.2) is 36.9 Å². The fourth-order valence-corrected chi connectivity index (χ4v) is 4.38. The Hall–Kier alpha value is -2.59. The van der Waals surface area contributed by atoms with Gasteiger partial charge < -0.3 is 26.0 Å². The lowest BCUT2D eigenvalue weighted by atomic mass is 9.88. The van der Waals surface area contributed by atoms with E-state index in [4.69, 9.17) is 10.5 Å². The Morgan fingerprint density at radius 2 is 2.10 bits per heavy atom. The van der Waals surface area contributed by atoms with Gasteiger partial charge in [-0.1, -0.05) is 24.3 Å². The van der Waals surface area contributed by atoms with E-state index in [0.717, 1.165) is 19.3 Å². The van der Waals surface area contributed by atoms with Crippen molar-refractivity contribution in [2.24, 2.45) is 5.73 Å². The average molecular weight is 396 g/mol. The third kappa shape index (κ3) is 3.06. The number of aryl methyl sites for hydroxylation is 1. The molecule has 0 saturated carbocycles. The molecule has 152 valence electrons. The molecule has 1 fully saturated rings. The van der Waals surface area contributed by atoms with Gasteiger partial charge in [0.05, 0.1) is 25.0 Å². The number of nitrogens with two attached hydrogens (primary N) is 1. The molecule has 0 radical (unpaired) electrons. The summed E-state index contributed by atoms with van der Waals surface area (Å²) in [6.45, 7) is -0.305. The van der Waals surface area contributed by atoms with E-state index in [2.05, 4.69) is 44.5 Å². The van der Waals surface area contributed by atoms with Crippen LogP contribution >= 0.6 is 0 Å². The van der Waals surface area contributed by atoms with Crippen molar-refractivity contribution in [2.75, 3.05) is 11.9 Å². The van der Waals surface area contributed by atoms with Gasteiger partial charge >= 0.3 is 0 Å². The molecule has 29 heavy (non-hydrogen) atoms. The van der Waals surface area contributed by atoms with Gasteiger partial charge in [-0.25, -0.2) is 15.0 Å². The molecule has 3 heterocycles. The fraction of sp³-hybridized carbons (Fsp3) is 0.450. The zero-order valence-electron chi connectivity index (χ0n) is 15.8. The SMILES string of the molecule is N[C@@H]1[C@H](O)[C@@H](CO)O[C@H]1n1cnc2c(NC3CCCc4ccccc43)ncnc21. The van der Waals surface area contributed by atoms with Gasteiger partial charge in [-0.05, 0) is 30.4 Å². The van der Waals surface area contributed by atoms with Crippen molar-refractivity contribution in [2.45, 2.75) is 49.8 Å². The molecule has 1 aliphatic heterocycles. The number of nitrogens with zero attached hydrogens (tertiary/aromatic N) is 4. The Morgan fingerprint density at radius 3 is 2.93 bits per heavy atom. The summed E-state index contributed by atoms with van der Waals surface area (Å²) < 4.78 is 7.44. The van der Waals surface area contributed by atoms with Gasteiger partial charge in [-0.15, -0.1) is 0 Å². The number of aliphatic hydroxyl groups excluding tert-OH is 2. The average Bonchev–Trinajstić information content (AvgIpc) is 3.30. The first kappa shape index (κ1) is 18.4. The van der Waals surface area contributed by atoms with Crippen LogP contribution in [-0.4, -0.2) is 54.6 Å². The van der Waals surface area contributed by atoms with E-state index in [1.807, 2.05) is 0 Å². The predicted molar refractivity (Wildman–Crippen MR) is 106 cm³/mol. The molecule has 1 aromatic carbocycles. The van der Waals surface area contributed by atoms with Crippen molar-refractivity contribution in [3.8, 4) is 0 Å². The van der Waals surface area contributed by atoms with Crippen molar-refractivity contribution < 1.29 is 14.9 Å². The smallest absolute Gasteiger partial charge is 0.167 e. The lowest BCUT2D eigenvalue weighted by Gasteiger charge is -2.26. The lowest BCUT2D eigenvalue weighted by Crippen LogP contribution is -2.39. The summed E-state index contributed by atoms with van der Waals surface area (Å²) in [5, 5.41) is 23.1. The van der Waals surface area contributed by atoms with E-state index in [-0.39, 0.29) is 12.6 Å². The summed E-state index contributed by atoms with van der Waals surface area (Å²) in [5.74, 6) is 0.654. The van der Waals surface area contributed by atoms with Crippen molar-refractivity contribution in [1.82, 2.24) is 19.5 Å². The molecular weight excluding hydrogens is 372 g/mol. The molecule has 2 aliphatic rings. The van der Waals surface area contributed by atoms with Crippen LogP contribution < -0.4 is 11.1 Å². The second kappa shape index (κ2) is 7.34. The number of hydrogen-bond acceptors (Lipinski definition) is 8. The lowest BCUT2D eigenvalue weighted by molar-refractivity contribution is -0.0437. The maximum atomic E-state index is 10.2. The van der Waals surface area contributed by atoms with Gasteiger partial charge in [0.2, 0.25) is 0 Å². The topological polar surface area (TPSA) is 131 Å². The number of benzene rings is 1.